The summed E-state index contributed by atoms with van der Waals surface area (Å²) in [4.78, 5) is 16.4. The van der Waals surface area contributed by atoms with Gasteiger partial charge in [0.25, 0.3) is 0 Å². The van der Waals surface area contributed by atoms with Crippen LogP contribution in [0.5, 0.6) is 17.4 Å². The van der Waals surface area contributed by atoms with E-state index in [1.807, 2.05) is 54.6 Å². The van der Waals surface area contributed by atoms with Crippen molar-refractivity contribution in [3.05, 3.63) is 95.3 Å². The molecule has 0 fully saturated rings. The molecule has 0 aliphatic heterocycles. The fourth-order valence-electron chi connectivity index (χ4n) is 3.61. The molecular formula is C28H27N3O4. The maximum Gasteiger partial charge on any atom is 0.337 e. The van der Waals surface area contributed by atoms with Crippen LogP contribution in [0, 0.1) is 0 Å². The molecule has 7 nitrogen and oxygen atoms in total. The summed E-state index contributed by atoms with van der Waals surface area (Å²) in [6.45, 7) is 4.17. The van der Waals surface area contributed by atoms with Crippen LogP contribution >= 0.6 is 0 Å². The number of carbonyl (C=O) groups excluding carboxylic acids is 1. The summed E-state index contributed by atoms with van der Waals surface area (Å²) in [7, 11) is 2.94. The second-order valence-corrected chi connectivity index (χ2v) is 8.29. The first kappa shape index (κ1) is 23.9. The minimum absolute atomic E-state index is 0.328. The van der Waals surface area contributed by atoms with E-state index in [-0.39, 0.29) is 0 Å². The first-order valence-electron chi connectivity index (χ1n) is 11.3. The molecule has 2 heterocycles. The van der Waals surface area contributed by atoms with Gasteiger partial charge in [-0.05, 0) is 66.1 Å². The van der Waals surface area contributed by atoms with Crippen LogP contribution in [-0.4, -0.2) is 35.4 Å². The molecular weight excluding hydrogens is 442 g/mol. The topological polar surface area (TPSA) is 83.4 Å². The van der Waals surface area contributed by atoms with Crippen LogP contribution in [0.25, 0.3) is 11.3 Å². The zero-order valence-electron chi connectivity index (χ0n) is 20.2. The highest BCUT2D eigenvalue weighted by Gasteiger charge is 2.15. The van der Waals surface area contributed by atoms with Crippen molar-refractivity contribution in [3.63, 3.8) is 0 Å². The second kappa shape index (κ2) is 10.8. The zero-order chi connectivity index (χ0) is 24.8. The quantitative estimate of drug-likeness (QED) is 0.300. The van der Waals surface area contributed by atoms with Gasteiger partial charge < -0.3 is 14.2 Å². The van der Waals surface area contributed by atoms with Gasteiger partial charge in [-0.2, -0.15) is 10.2 Å². The summed E-state index contributed by atoms with van der Waals surface area (Å²) in [5.74, 6) is 1.62. The lowest BCUT2D eigenvalue weighted by atomic mass is 10.0. The largest absolute Gasteiger partial charge is 0.481 e. The third-order valence-electron chi connectivity index (χ3n) is 5.57. The van der Waals surface area contributed by atoms with E-state index in [0.29, 0.717) is 35.3 Å². The number of nitrogens with zero attached hydrogens (tertiary/aromatic N) is 3. The third-order valence-corrected chi connectivity index (χ3v) is 5.57. The second-order valence-electron chi connectivity index (χ2n) is 8.29. The Labute approximate surface area is 204 Å². The Balaban J connectivity index is 1.61. The zero-order valence-corrected chi connectivity index (χ0v) is 20.2. The summed E-state index contributed by atoms with van der Waals surface area (Å²) in [6.07, 6.45) is 2.20. The van der Waals surface area contributed by atoms with Crippen molar-refractivity contribution in [1.82, 2.24) is 15.2 Å². The molecule has 7 heteroatoms. The van der Waals surface area contributed by atoms with Crippen molar-refractivity contribution < 1.29 is 19.0 Å². The van der Waals surface area contributed by atoms with E-state index >= 15 is 0 Å². The number of methoxy groups -OCH3 is 2. The summed E-state index contributed by atoms with van der Waals surface area (Å²) in [5.41, 5.74) is 4.87. The molecule has 0 aliphatic rings. The van der Waals surface area contributed by atoms with Gasteiger partial charge in [-0.15, -0.1) is 0 Å². The average molecular weight is 470 g/mol. The van der Waals surface area contributed by atoms with Crippen molar-refractivity contribution in [2.24, 2.45) is 0 Å². The number of rotatable bonds is 8. The number of hydrogen-bond donors (Lipinski definition) is 0. The molecule has 0 unspecified atom stereocenters. The molecule has 0 spiro atoms. The molecule has 0 radical (unpaired) electrons. The van der Waals surface area contributed by atoms with Gasteiger partial charge in [0.1, 0.15) is 11.5 Å². The van der Waals surface area contributed by atoms with Gasteiger partial charge in [0.2, 0.25) is 5.88 Å². The predicted molar refractivity (Wildman–Crippen MR) is 133 cm³/mol. The molecule has 178 valence electrons. The van der Waals surface area contributed by atoms with Crippen LogP contribution in [-0.2, 0) is 11.2 Å². The molecule has 0 N–H and O–H groups in total. The number of benzene rings is 2. The Morgan fingerprint density at radius 3 is 2.37 bits per heavy atom. The van der Waals surface area contributed by atoms with Gasteiger partial charge in [-0.3, -0.25) is 0 Å². The predicted octanol–water partition coefficient (Wildman–Crippen LogP) is 5.84. The Morgan fingerprint density at radius 2 is 1.71 bits per heavy atom. The van der Waals surface area contributed by atoms with Crippen molar-refractivity contribution in [2.45, 2.75) is 26.2 Å². The summed E-state index contributed by atoms with van der Waals surface area (Å²) < 4.78 is 16.5. The average Bonchev–Trinajstić information content (AvgIpc) is 2.90. The van der Waals surface area contributed by atoms with E-state index in [2.05, 4.69) is 29.0 Å². The number of ether oxygens (including phenoxy) is 3. The summed E-state index contributed by atoms with van der Waals surface area (Å²) in [6, 6.07) is 20.6. The minimum atomic E-state index is -0.431. The number of carbonyl (C=O) groups is 1. The lowest BCUT2D eigenvalue weighted by Gasteiger charge is -2.14. The summed E-state index contributed by atoms with van der Waals surface area (Å²) >= 11 is 0. The van der Waals surface area contributed by atoms with E-state index in [4.69, 9.17) is 14.2 Å². The van der Waals surface area contributed by atoms with Crippen molar-refractivity contribution in [3.8, 4) is 28.6 Å². The van der Waals surface area contributed by atoms with Crippen LogP contribution in [0.1, 0.15) is 46.9 Å². The van der Waals surface area contributed by atoms with Crippen molar-refractivity contribution >= 4 is 5.97 Å². The first-order valence-corrected chi connectivity index (χ1v) is 11.3. The Kier molecular flexibility index (Phi) is 7.35. The van der Waals surface area contributed by atoms with E-state index in [1.165, 1.54) is 7.11 Å². The normalized spacial score (nSPS) is 10.8. The van der Waals surface area contributed by atoms with E-state index in [1.54, 1.807) is 25.4 Å². The van der Waals surface area contributed by atoms with Crippen LogP contribution in [0.15, 0.2) is 72.9 Å². The van der Waals surface area contributed by atoms with Crippen molar-refractivity contribution in [1.29, 1.82) is 0 Å². The smallest absolute Gasteiger partial charge is 0.337 e. The maximum atomic E-state index is 12.1. The van der Waals surface area contributed by atoms with E-state index < -0.39 is 5.97 Å². The Bertz CT molecular complexity index is 1300. The molecule has 4 rings (SSSR count). The van der Waals surface area contributed by atoms with Gasteiger partial charge in [0, 0.05) is 23.7 Å². The highest BCUT2D eigenvalue weighted by molar-refractivity contribution is 5.90. The number of pyridine rings is 1. The molecule has 0 atom stereocenters. The molecule has 2 aromatic carbocycles. The minimum Gasteiger partial charge on any atom is -0.481 e. The SMILES string of the molecule is COC(=O)c1ccc(Cc2cccnc2OC)c(Oc2ccc(-c3ccc(C(C)C)nn3)cc2)c1. The summed E-state index contributed by atoms with van der Waals surface area (Å²) in [5, 5.41) is 8.65. The molecule has 0 amide bonds. The molecule has 4 aromatic rings. The number of esters is 1. The molecule has 0 bridgehead atoms. The standard InChI is InChI=1S/C28H27N3O4/c1-18(2)24-13-14-25(31-30-24)19-9-11-23(12-10-19)35-26-17-22(28(32)34-4)8-7-20(26)16-21-6-5-15-29-27(21)33-3/h5-15,17-18H,16H2,1-4H3. The Morgan fingerprint density at radius 1 is 0.914 bits per heavy atom. The molecule has 0 aliphatic carbocycles. The van der Waals surface area contributed by atoms with Crippen LogP contribution in [0.4, 0.5) is 0 Å². The molecule has 0 saturated heterocycles. The lowest BCUT2D eigenvalue weighted by Crippen LogP contribution is -2.04. The third kappa shape index (κ3) is 5.63. The molecule has 2 aromatic heterocycles. The highest BCUT2D eigenvalue weighted by Crippen LogP contribution is 2.31. The maximum absolute atomic E-state index is 12.1. The lowest BCUT2D eigenvalue weighted by molar-refractivity contribution is 0.0600. The van der Waals surface area contributed by atoms with E-state index in [9.17, 15) is 4.79 Å². The number of hydrogen-bond acceptors (Lipinski definition) is 7. The van der Waals surface area contributed by atoms with Gasteiger partial charge in [0.05, 0.1) is 31.2 Å². The highest BCUT2D eigenvalue weighted by atomic mass is 16.5. The first-order chi connectivity index (χ1) is 17.0. The van der Waals surface area contributed by atoms with Crippen LogP contribution in [0.3, 0.4) is 0 Å². The molecule has 0 saturated carbocycles. The fourth-order valence-corrected chi connectivity index (χ4v) is 3.61. The van der Waals surface area contributed by atoms with Gasteiger partial charge in [-0.25, -0.2) is 9.78 Å². The van der Waals surface area contributed by atoms with Gasteiger partial charge in [-0.1, -0.05) is 26.0 Å². The van der Waals surface area contributed by atoms with Crippen molar-refractivity contribution in [2.75, 3.05) is 14.2 Å². The fraction of sp³-hybridized carbons (Fsp3) is 0.214. The number of aromatic nitrogens is 3. The van der Waals surface area contributed by atoms with Crippen LogP contribution in [0.2, 0.25) is 0 Å². The van der Waals surface area contributed by atoms with Gasteiger partial charge >= 0.3 is 5.97 Å². The Hall–Kier alpha value is -4.26. The molecule has 35 heavy (non-hydrogen) atoms. The monoisotopic (exact) mass is 469 g/mol. The van der Waals surface area contributed by atoms with Gasteiger partial charge in [0.15, 0.2) is 0 Å². The van der Waals surface area contributed by atoms with E-state index in [0.717, 1.165) is 28.1 Å². The van der Waals surface area contributed by atoms with Crippen LogP contribution < -0.4 is 9.47 Å².